The molecule has 1 aromatic heterocycles. The van der Waals surface area contributed by atoms with Gasteiger partial charge < -0.3 is 10.6 Å². The van der Waals surface area contributed by atoms with Crippen molar-refractivity contribution in [3.8, 4) is 0 Å². The van der Waals surface area contributed by atoms with Gasteiger partial charge in [-0.2, -0.15) is 0 Å². The summed E-state index contributed by atoms with van der Waals surface area (Å²) in [6.07, 6.45) is 3.93. The molecule has 0 unspecified atom stereocenters. The Kier molecular flexibility index (Phi) is 9.60. The molecule has 0 aliphatic heterocycles. The van der Waals surface area contributed by atoms with Gasteiger partial charge >= 0.3 is 0 Å². The van der Waals surface area contributed by atoms with Crippen molar-refractivity contribution in [2.24, 2.45) is 4.99 Å². The number of hydrogen-bond acceptors (Lipinski definition) is 5. The Morgan fingerprint density at radius 1 is 1.39 bits per heavy atom. The summed E-state index contributed by atoms with van der Waals surface area (Å²) in [6.45, 7) is 9.04. The van der Waals surface area contributed by atoms with E-state index < -0.39 is 14.6 Å². The summed E-state index contributed by atoms with van der Waals surface area (Å²) < 4.78 is 22.5. The predicted molar refractivity (Wildman–Crippen MR) is 109 cm³/mol. The van der Waals surface area contributed by atoms with Gasteiger partial charge in [0.25, 0.3) is 0 Å². The van der Waals surface area contributed by atoms with Crippen molar-refractivity contribution in [2.45, 2.75) is 38.9 Å². The van der Waals surface area contributed by atoms with Gasteiger partial charge in [0.1, 0.15) is 0 Å². The van der Waals surface area contributed by atoms with E-state index in [0.717, 1.165) is 18.0 Å². The molecule has 0 amide bonds. The molecule has 0 aromatic carbocycles. The van der Waals surface area contributed by atoms with Crippen molar-refractivity contribution in [1.82, 2.24) is 15.6 Å². The number of guanidine groups is 1. The van der Waals surface area contributed by atoms with E-state index in [0.29, 0.717) is 12.5 Å². The Hall–Kier alpha value is -0.420. The number of rotatable bonds is 7. The number of hydrogen-bond donors (Lipinski definition) is 2. The number of nitrogens with zero attached hydrogens (tertiary/aromatic N) is 2. The standard InChI is InChI=1S/C14H26N4O2S2.HI/c1-6-15-13(18-10-14(3,4)22(5,19)20)16-8-7-12-17-9-11(2)21-12;/h9H,6-8,10H2,1-5H3,(H2,15,16,18);1H. The van der Waals surface area contributed by atoms with Crippen molar-refractivity contribution in [1.29, 1.82) is 0 Å². The lowest BCUT2D eigenvalue weighted by atomic mass is 10.2. The van der Waals surface area contributed by atoms with Crippen molar-refractivity contribution >= 4 is 51.1 Å². The van der Waals surface area contributed by atoms with Crippen molar-refractivity contribution < 1.29 is 8.42 Å². The van der Waals surface area contributed by atoms with Gasteiger partial charge in [0, 0.05) is 36.8 Å². The number of aromatic nitrogens is 1. The Bertz CT molecular complexity index is 612. The Balaban J connectivity index is 0.00000484. The smallest absolute Gasteiger partial charge is 0.191 e. The zero-order valence-electron chi connectivity index (χ0n) is 14.3. The molecule has 0 radical (unpaired) electrons. The van der Waals surface area contributed by atoms with Crippen LogP contribution in [0.2, 0.25) is 0 Å². The van der Waals surface area contributed by atoms with Gasteiger partial charge in [0.2, 0.25) is 0 Å². The van der Waals surface area contributed by atoms with Crippen LogP contribution in [0, 0.1) is 6.92 Å². The zero-order valence-corrected chi connectivity index (χ0v) is 18.3. The molecule has 0 aliphatic carbocycles. The average molecular weight is 474 g/mol. The molecule has 134 valence electrons. The van der Waals surface area contributed by atoms with Crippen LogP contribution < -0.4 is 10.6 Å². The Morgan fingerprint density at radius 3 is 2.52 bits per heavy atom. The topological polar surface area (TPSA) is 83.5 Å². The highest BCUT2D eigenvalue weighted by Crippen LogP contribution is 2.15. The molecule has 0 atom stereocenters. The molecule has 1 heterocycles. The largest absolute Gasteiger partial charge is 0.357 e. The van der Waals surface area contributed by atoms with E-state index in [1.165, 1.54) is 11.1 Å². The van der Waals surface area contributed by atoms with E-state index in [2.05, 4.69) is 20.6 Å². The molecule has 0 fully saturated rings. The van der Waals surface area contributed by atoms with Crippen molar-refractivity contribution in [3.05, 3.63) is 16.1 Å². The fourth-order valence-corrected chi connectivity index (χ4v) is 2.62. The molecule has 6 nitrogen and oxygen atoms in total. The second-order valence-electron chi connectivity index (χ2n) is 5.77. The van der Waals surface area contributed by atoms with Gasteiger partial charge in [0.15, 0.2) is 15.8 Å². The summed E-state index contributed by atoms with van der Waals surface area (Å²) in [5.74, 6) is 0.632. The highest BCUT2D eigenvalue weighted by atomic mass is 127. The number of sulfone groups is 1. The van der Waals surface area contributed by atoms with Crippen LogP contribution in [0.1, 0.15) is 30.7 Å². The van der Waals surface area contributed by atoms with E-state index in [-0.39, 0.29) is 30.5 Å². The lowest BCUT2D eigenvalue weighted by Gasteiger charge is -2.21. The number of aryl methyl sites for hydroxylation is 1. The van der Waals surface area contributed by atoms with Gasteiger partial charge in [-0.25, -0.2) is 13.4 Å². The van der Waals surface area contributed by atoms with Gasteiger partial charge in [-0.05, 0) is 27.7 Å². The molecular weight excluding hydrogens is 447 g/mol. The minimum Gasteiger partial charge on any atom is -0.357 e. The van der Waals surface area contributed by atoms with E-state index in [1.807, 2.05) is 20.0 Å². The van der Waals surface area contributed by atoms with E-state index >= 15 is 0 Å². The van der Waals surface area contributed by atoms with Gasteiger partial charge in [-0.3, -0.25) is 4.99 Å². The molecule has 9 heteroatoms. The molecular formula is C14H27IN4O2S2. The fraction of sp³-hybridized carbons (Fsp3) is 0.714. The SMILES string of the molecule is CCNC(=NCC(C)(C)S(C)(=O)=O)NCCc1ncc(C)s1.I. The van der Waals surface area contributed by atoms with E-state index in [9.17, 15) is 8.42 Å². The second kappa shape index (κ2) is 9.77. The average Bonchev–Trinajstić information content (AvgIpc) is 2.80. The zero-order chi connectivity index (χ0) is 16.8. The molecule has 0 spiro atoms. The highest BCUT2D eigenvalue weighted by molar-refractivity contribution is 14.0. The van der Waals surface area contributed by atoms with Crippen molar-refractivity contribution in [2.75, 3.05) is 25.9 Å². The van der Waals surface area contributed by atoms with Crippen LogP contribution >= 0.6 is 35.3 Å². The maximum atomic E-state index is 11.7. The molecule has 0 aliphatic rings. The van der Waals surface area contributed by atoms with Crippen molar-refractivity contribution in [3.63, 3.8) is 0 Å². The number of nitrogens with one attached hydrogen (secondary N) is 2. The molecule has 1 rings (SSSR count). The molecule has 0 saturated heterocycles. The third-order valence-corrected chi connectivity index (χ3v) is 6.38. The monoisotopic (exact) mass is 474 g/mol. The summed E-state index contributed by atoms with van der Waals surface area (Å²) in [7, 11) is -3.14. The fourth-order valence-electron chi connectivity index (χ4n) is 1.53. The van der Waals surface area contributed by atoms with Gasteiger partial charge in [-0.1, -0.05) is 0 Å². The summed E-state index contributed by atoms with van der Waals surface area (Å²) >= 11 is 1.68. The number of aliphatic imine (C=N–C) groups is 1. The third kappa shape index (κ3) is 7.79. The Morgan fingerprint density at radius 2 is 2.04 bits per heavy atom. The summed E-state index contributed by atoms with van der Waals surface area (Å²) in [6, 6.07) is 0. The van der Waals surface area contributed by atoms with Crippen LogP contribution in [-0.2, 0) is 16.3 Å². The van der Waals surface area contributed by atoms with Crippen LogP contribution in [0.15, 0.2) is 11.2 Å². The number of thiazole rings is 1. The molecule has 1 aromatic rings. The summed E-state index contributed by atoms with van der Waals surface area (Å²) in [5.41, 5.74) is 0. The van der Waals surface area contributed by atoms with Crippen LogP contribution in [0.25, 0.3) is 0 Å². The van der Waals surface area contributed by atoms with Crippen LogP contribution in [0.3, 0.4) is 0 Å². The first-order valence-electron chi connectivity index (χ1n) is 7.29. The second-order valence-corrected chi connectivity index (χ2v) is 9.74. The lowest BCUT2D eigenvalue weighted by Crippen LogP contribution is -2.41. The normalized spacial score (nSPS) is 12.7. The molecule has 0 saturated carbocycles. The van der Waals surface area contributed by atoms with Crippen LogP contribution in [0.4, 0.5) is 0 Å². The first-order chi connectivity index (χ1) is 10.2. The molecule has 0 bridgehead atoms. The van der Waals surface area contributed by atoms with E-state index in [1.54, 1.807) is 25.2 Å². The first kappa shape index (κ1) is 22.6. The maximum Gasteiger partial charge on any atom is 0.191 e. The highest BCUT2D eigenvalue weighted by Gasteiger charge is 2.29. The molecule has 2 N–H and O–H groups in total. The van der Waals surface area contributed by atoms with Crippen LogP contribution in [-0.4, -0.2) is 50.0 Å². The third-order valence-electron chi connectivity index (χ3n) is 3.27. The predicted octanol–water partition coefficient (Wildman–Crippen LogP) is 1.99. The minimum absolute atomic E-state index is 0. The van der Waals surface area contributed by atoms with Crippen LogP contribution in [0.5, 0.6) is 0 Å². The number of halogens is 1. The Labute approximate surface area is 160 Å². The summed E-state index contributed by atoms with van der Waals surface area (Å²) in [4.78, 5) is 9.90. The molecule has 23 heavy (non-hydrogen) atoms. The van der Waals surface area contributed by atoms with E-state index in [4.69, 9.17) is 0 Å². The first-order valence-corrected chi connectivity index (χ1v) is 9.99. The quantitative estimate of drug-likeness (QED) is 0.359. The van der Waals surface area contributed by atoms with Gasteiger partial charge in [-0.15, -0.1) is 35.3 Å². The summed E-state index contributed by atoms with van der Waals surface area (Å²) in [5, 5.41) is 7.42. The lowest BCUT2D eigenvalue weighted by molar-refractivity contribution is 0.554. The maximum absolute atomic E-state index is 11.7. The minimum atomic E-state index is -3.14. The van der Waals surface area contributed by atoms with Gasteiger partial charge in [0.05, 0.1) is 16.3 Å².